The van der Waals surface area contributed by atoms with E-state index in [1.807, 2.05) is 13.1 Å². The van der Waals surface area contributed by atoms with Crippen LogP contribution in [-0.4, -0.2) is 30.7 Å². The van der Waals surface area contributed by atoms with Crippen LogP contribution in [-0.2, 0) is 0 Å². The van der Waals surface area contributed by atoms with Gasteiger partial charge in [0.2, 0.25) is 0 Å². The number of benzene rings is 1. The monoisotopic (exact) mass is 358 g/mol. The van der Waals surface area contributed by atoms with Gasteiger partial charge in [0.25, 0.3) is 0 Å². The number of hydrogen-bond donors (Lipinski definition) is 2. The second-order valence-electron chi connectivity index (χ2n) is 6.43. The summed E-state index contributed by atoms with van der Waals surface area (Å²) in [5.41, 5.74) is 6.41. The highest BCUT2D eigenvalue weighted by Gasteiger charge is 2.20. The second kappa shape index (κ2) is 6.87. The Hall–Kier alpha value is -2.74. The van der Waals surface area contributed by atoms with Crippen LogP contribution in [0.4, 0.5) is 25.8 Å². The van der Waals surface area contributed by atoms with Gasteiger partial charge in [-0.2, -0.15) is 5.43 Å². The number of pyridine rings is 1. The maximum atomic E-state index is 13.4. The van der Waals surface area contributed by atoms with Crippen LogP contribution in [0.1, 0.15) is 18.5 Å². The molecule has 2 aliphatic rings. The van der Waals surface area contributed by atoms with Gasteiger partial charge < -0.3 is 10.2 Å². The molecule has 1 unspecified atom stereocenters. The van der Waals surface area contributed by atoms with E-state index in [0.29, 0.717) is 5.69 Å². The molecule has 2 aliphatic heterocycles. The molecule has 1 saturated heterocycles. The lowest BCUT2D eigenvalue weighted by molar-refractivity contribution is 0.508. The van der Waals surface area contributed by atoms with Gasteiger partial charge in [-0.1, -0.05) is 0 Å². The van der Waals surface area contributed by atoms with Crippen LogP contribution < -0.4 is 20.7 Å². The minimum Gasteiger partial charge on any atom is -0.370 e. The molecule has 2 N–H and O–H groups in total. The molecule has 2 aromatic rings. The lowest BCUT2D eigenvalue weighted by Crippen LogP contribution is -2.41. The first-order valence-electron chi connectivity index (χ1n) is 8.62. The summed E-state index contributed by atoms with van der Waals surface area (Å²) >= 11 is 0. The molecule has 0 aliphatic carbocycles. The maximum Gasteiger partial charge on any atom is 0.192 e. The van der Waals surface area contributed by atoms with Crippen LogP contribution in [0.25, 0.3) is 0 Å². The van der Waals surface area contributed by atoms with E-state index < -0.39 is 17.9 Å². The van der Waals surface area contributed by atoms with Crippen LogP contribution >= 0.6 is 0 Å². The predicted molar refractivity (Wildman–Crippen MR) is 98.3 cm³/mol. The fourth-order valence-electron chi connectivity index (χ4n) is 3.14. The van der Waals surface area contributed by atoms with E-state index in [2.05, 4.69) is 31.7 Å². The zero-order valence-corrected chi connectivity index (χ0v) is 14.4. The Morgan fingerprint density at radius 2 is 1.92 bits per heavy atom. The molecule has 1 atom stereocenters. The standard InChI is InChI=1S/C18H20F2N6/c1-12-17(9-14(10-21-12)25-6-2-3-7-25)23-18-22-11-26(24-18)13-4-5-15(19)16(20)8-13/h4-5,8-11,18,23-24H,2-3,6-7H2,1H3. The van der Waals surface area contributed by atoms with E-state index in [4.69, 9.17) is 0 Å². The fourth-order valence-corrected chi connectivity index (χ4v) is 3.14. The van der Waals surface area contributed by atoms with Gasteiger partial charge in [0.1, 0.15) is 6.34 Å². The SMILES string of the molecule is Cc1ncc(N2CCCC2)cc1NC1N=CN(c2ccc(F)c(F)c2)N1. The molecule has 4 rings (SSSR count). The second-order valence-corrected chi connectivity index (χ2v) is 6.43. The van der Waals surface area contributed by atoms with E-state index in [1.165, 1.54) is 25.2 Å². The van der Waals surface area contributed by atoms with E-state index in [9.17, 15) is 8.78 Å². The third kappa shape index (κ3) is 3.32. The Bertz CT molecular complexity index is 834. The van der Waals surface area contributed by atoms with Gasteiger partial charge in [-0.25, -0.2) is 13.8 Å². The molecule has 26 heavy (non-hydrogen) atoms. The molecule has 6 nitrogen and oxygen atoms in total. The van der Waals surface area contributed by atoms with Crippen molar-refractivity contribution in [2.75, 3.05) is 28.3 Å². The number of nitrogens with one attached hydrogen (secondary N) is 2. The summed E-state index contributed by atoms with van der Waals surface area (Å²) in [7, 11) is 0. The predicted octanol–water partition coefficient (Wildman–Crippen LogP) is 3.02. The highest BCUT2D eigenvalue weighted by Crippen LogP contribution is 2.25. The number of aryl methyl sites for hydroxylation is 1. The summed E-state index contributed by atoms with van der Waals surface area (Å²) in [6.07, 6.45) is 5.42. The molecule has 0 amide bonds. The van der Waals surface area contributed by atoms with Gasteiger partial charge in [-0.3, -0.25) is 9.99 Å². The highest BCUT2D eigenvalue weighted by molar-refractivity contribution is 5.80. The molecule has 3 heterocycles. The first kappa shape index (κ1) is 16.7. The van der Waals surface area contributed by atoms with Gasteiger partial charge >= 0.3 is 0 Å². The number of nitrogens with zero attached hydrogens (tertiary/aromatic N) is 4. The zero-order chi connectivity index (χ0) is 18.1. The highest BCUT2D eigenvalue weighted by atomic mass is 19.2. The number of aromatic nitrogens is 1. The van der Waals surface area contributed by atoms with E-state index in [1.54, 1.807) is 5.01 Å². The van der Waals surface area contributed by atoms with E-state index in [0.717, 1.165) is 42.3 Å². The topological polar surface area (TPSA) is 55.8 Å². The molecular formula is C18H20F2N6. The van der Waals surface area contributed by atoms with Crippen molar-refractivity contribution in [3.8, 4) is 0 Å². The van der Waals surface area contributed by atoms with Crippen LogP contribution in [0, 0.1) is 18.6 Å². The maximum absolute atomic E-state index is 13.4. The van der Waals surface area contributed by atoms with Crippen molar-refractivity contribution in [1.82, 2.24) is 10.4 Å². The van der Waals surface area contributed by atoms with Crippen LogP contribution in [0.5, 0.6) is 0 Å². The average Bonchev–Trinajstić information content (AvgIpc) is 3.31. The molecule has 0 bridgehead atoms. The first-order valence-corrected chi connectivity index (χ1v) is 8.62. The van der Waals surface area contributed by atoms with Gasteiger partial charge in [0.05, 0.1) is 29.0 Å². The summed E-state index contributed by atoms with van der Waals surface area (Å²) in [6.45, 7) is 4.03. The van der Waals surface area contributed by atoms with Crippen LogP contribution in [0.3, 0.4) is 0 Å². The summed E-state index contributed by atoms with van der Waals surface area (Å²) in [5, 5.41) is 4.84. The minimum atomic E-state index is -0.896. The van der Waals surface area contributed by atoms with Crippen molar-refractivity contribution in [1.29, 1.82) is 0 Å². The zero-order valence-electron chi connectivity index (χ0n) is 14.4. The minimum absolute atomic E-state index is 0.419. The number of rotatable bonds is 4. The Morgan fingerprint density at radius 1 is 1.12 bits per heavy atom. The molecule has 0 saturated carbocycles. The van der Waals surface area contributed by atoms with E-state index >= 15 is 0 Å². The Morgan fingerprint density at radius 3 is 2.69 bits per heavy atom. The molecule has 1 aromatic carbocycles. The van der Waals surface area contributed by atoms with Crippen LogP contribution in [0.2, 0.25) is 0 Å². The quantitative estimate of drug-likeness (QED) is 0.880. The first-order chi connectivity index (χ1) is 12.6. The van der Waals surface area contributed by atoms with Crippen molar-refractivity contribution in [3.05, 3.63) is 47.8 Å². The Balaban J connectivity index is 1.46. The van der Waals surface area contributed by atoms with Crippen molar-refractivity contribution in [3.63, 3.8) is 0 Å². The van der Waals surface area contributed by atoms with Crippen molar-refractivity contribution >= 4 is 23.4 Å². The normalized spacial score (nSPS) is 19.4. The third-order valence-corrected chi connectivity index (χ3v) is 4.61. The summed E-state index contributed by atoms with van der Waals surface area (Å²) < 4.78 is 26.5. The van der Waals surface area contributed by atoms with E-state index in [-0.39, 0.29) is 0 Å². The van der Waals surface area contributed by atoms with Gasteiger partial charge in [-0.15, -0.1) is 0 Å². The van der Waals surface area contributed by atoms with Crippen LogP contribution in [0.15, 0.2) is 35.5 Å². The molecule has 8 heteroatoms. The van der Waals surface area contributed by atoms with Crippen molar-refractivity contribution in [2.45, 2.75) is 26.1 Å². The average molecular weight is 358 g/mol. The molecule has 0 radical (unpaired) electrons. The van der Waals surface area contributed by atoms with Crippen molar-refractivity contribution in [2.24, 2.45) is 4.99 Å². The lowest BCUT2D eigenvalue weighted by Gasteiger charge is -2.22. The lowest BCUT2D eigenvalue weighted by atomic mass is 10.2. The van der Waals surface area contributed by atoms with Gasteiger partial charge in [-0.05, 0) is 38.0 Å². The van der Waals surface area contributed by atoms with Gasteiger partial charge in [0, 0.05) is 19.2 Å². The number of hydrogen-bond acceptors (Lipinski definition) is 6. The summed E-state index contributed by atoms with van der Waals surface area (Å²) in [4.78, 5) is 11.1. The molecule has 1 aromatic heterocycles. The smallest absolute Gasteiger partial charge is 0.192 e. The largest absolute Gasteiger partial charge is 0.370 e. The number of aliphatic imine (C=N–C) groups is 1. The molecular weight excluding hydrogens is 338 g/mol. The summed E-state index contributed by atoms with van der Waals surface area (Å²) in [6, 6.07) is 5.78. The number of halogens is 2. The third-order valence-electron chi connectivity index (χ3n) is 4.61. The molecule has 1 fully saturated rings. The Labute approximate surface area is 150 Å². The number of anilines is 3. The van der Waals surface area contributed by atoms with Crippen molar-refractivity contribution < 1.29 is 8.78 Å². The molecule has 0 spiro atoms. The fraction of sp³-hybridized carbons (Fsp3) is 0.333. The van der Waals surface area contributed by atoms with Gasteiger partial charge in [0.15, 0.2) is 17.9 Å². The summed E-state index contributed by atoms with van der Waals surface area (Å²) in [5.74, 6) is -1.77. The Kier molecular flexibility index (Phi) is 4.42. The number of hydrazine groups is 1. The molecule has 136 valence electrons.